The van der Waals surface area contributed by atoms with E-state index in [1.165, 1.54) is 18.7 Å². The number of carbonyl (C=O) groups is 1. The maximum absolute atomic E-state index is 13.0. The number of amides is 1. The molecule has 1 rings (SSSR count). The number of piperidine rings is 1. The van der Waals surface area contributed by atoms with Crippen LogP contribution in [0.4, 0.5) is 18.0 Å². The number of hydrogen-bond donors (Lipinski definition) is 0. The molecule has 0 aromatic carbocycles. The summed E-state index contributed by atoms with van der Waals surface area (Å²) in [7, 11) is 0. The van der Waals surface area contributed by atoms with E-state index >= 15 is 0 Å². The first-order chi connectivity index (χ1) is 8.84. The van der Waals surface area contributed by atoms with E-state index in [9.17, 15) is 18.0 Å². The third kappa shape index (κ3) is 4.03. The summed E-state index contributed by atoms with van der Waals surface area (Å²) < 4.78 is 44.2. The van der Waals surface area contributed by atoms with Crippen molar-refractivity contribution in [3.8, 4) is 0 Å². The smallest absolute Gasteiger partial charge is 0.410 e. The number of rotatable bonds is 1. The molecule has 0 aromatic rings. The fourth-order valence-corrected chi connectivity index (χ4v) is 2.34. The topological polar surface area (TPSA) is 29.5 Å². The van der Waals surface area contributed by atoms with Gasteiger partial charge < -0.3 is 9.64 Å². The highest BCUT2D eigenvalue weighted by molar-refractivity contribution is 5.68. The Morgan fingerprint density at radius 2 is 1.50 bits per heavy atom. The molecule has 0 spiro atoms. The average Bonchev–Trinajstić information content (AvgIpc) is 2.25. The van der Waals surface area contributed by atoms with Crippen LogP contribution in [0.25, 0.3) is 0 Å². The first kappa shape index (κ1) is 17.1. The van der Waals surface area contributed by atoms with Crippen LogP contribution in [0.2, 0.25) is 0 Å². The lowest BCUT2D eigenvalue weighted by Gasteiger charge is -2.41. The van der Waals surface area contributed by atoms with Gasteiger partial charge in [0.25, 0.3) is 0 Å². The van der Waals surface area contributed by atoms with Crippen LogP contribution < -0.4 is 0 Å². The van der Waals surface area contributed by atoms with Gasteiger partial charge in [0.1, 0.15) is 5.60 Å². The molecule has 3 nitrogen and oxygen atoms in total. The van der Waals surface area contributed by atoms with Crippen molar-refractivity contribution in [1.29, 1.82) is 0 Å². The number of halogens is 3. The van der Waals surface area contributed by atoms with Gasteiger partial charge in [0, 0.05) is 13.1 Å². The van der Waals surface area contributed by atoms with Gasteiger partial charge in [-0.05, 0) is 39.5 Å². The summed E-state index contributed by atoms with van der Waals surface area (Å²) in [6.45, 7) is 8.42. The van der Waals surface area contributed by atoms with Crippen molar-refractivity contribution in [3.63, 3.8) is 0 Å². The first-order valence-corrected chi connectivity index (χ1v) is 6.89. The Hall–Kier alpha value is -0.940. The maximum Gasteiger partial charge on any atom is 0.410 e. The van der Waals surface area contributed by atoms with Crippen LogP contribution in [-0.2, 0) is 4.74 Å². The van der Waals surface area contributed by atoms with Gasteiger partial charge in [0.2, 0.25) is 0 Å². The molecule has 0 atom stereocenters. The molecule has 1 fully saturated rings. The Morgan fingerprint density at radius 3 is 1.85 bits per heavy atom. The summed E-state index contributed by atoms with van der Waals surface area (Å²) in [6.07, 6.45) is -3.95. The zero-order valence-electron chi connectivity index (χ0n) is 12.8. The van der Waals surface area contributed by atoms with E-state index in [1.54, 1.807) is 20.8 Å². The summed E-state index contributed by atoms with van der Waals surface area (Å²) >= 11 is 0. The molecule has 0 saturated carbocycles. The van der Waals surface area contributed by atoms with E-state index in [0.29, 0.717) is 25.9 Å². The standard InChI is InChI=1S/C14H24F3NO2/c1-12(2,3)20-11(19)18-8-6-10(7-9-18)13(4,5)14(15,16)17/h10H,6-9H2,1-5H3. The van der Waals surface area contributed by atoms with Crippen LogP contribution in [0.3, 0.4) is 0 Å². The minimum Gasteiger partial charge on any atom is -0.444 e. The number of nitrogens with zero attached hydrogens (tertiary/aromatic N) is 1. The summed E-state index contributed by atoms with van der Waals surface area (Å²) in [5.41, 5.74) is -2.30. The number of carbonyl (C=O) groups excluding carboxylic acids is 1. The fourth-order valence-electron chi connectivity index (χ4n) is 2.34. The van der Waals surface area contributed by atoms with Crippen LogP contribution in [-0.4, -0.2) is 35.9 Å². The highest BCUT2D eigenvalue weighted by Gasteiger charge is 2.52. The zero-order chi connectivity index (χ0) is 15.8. The zero-order valence-corrected chi connectivity index (χ0v) is 12.8. The number of alkyl halides is 3. The lowest BCUT2D eigenvalue weighted by molar-refractivity contribution is -0.233. The average molecular weight is 295 g/mol. The van der Waals surface area contributed by atoms with E-state index < -0.39 is 29.2 Å². The predicted molar refractivity (Wildman–Crippen MR) is 70.4 cm³/mol. The molecule has 0 unspecified atom stereocenters. The van der Waals surface area contributed by atoms with Crippen molar-refractivity contribution in [2.24, 2.45) is 11.3 Å². The molecule has 1 saturated heterocycles. The molecule has 1 aliphatic rings. The first-order valence-electron chi connectivity index (χ1n) is 6.89. The van der Waals surface area contributed by atoms with E-state index in [1.807, 2.05) is 0 Å². The highest BCUT2D eigenvalue weighted by Crippen LogP contribution is 2.47. The maximum atomic E-state index is 13.0. The SMILES string of the molecule is CC(C)(C)OC(=O)N1CCC(C(C)(C)C(F)(F)F)CC1. The molecule has 0 bridgehead atoms. The Kier molecular flexibility index (Phi) is 4.66. The summed E-state index contributed by atoms with van der Waals surface area (Å²) in [4.78, 5) is 13.3. The van der Waals surface area contributed by atoms with Crippen LogP contribution in [0.5, 0.6) is 0 Å². The lowest BCUT2D eigenvalue weighted by Crippen LogP contribution is -2.47. The molecule has 1 heterocycles. The summed E-state index contributed by atoms with van der Waals surface area (Å²) in [6, 6.07) is 0. The number of likely N-dealkylation sites (tertiary alicyclic amines) is 1. The second kappa shape index (κ2) is 5.45. The molecule has 0 N–H and O–H groups in total. The molecule has 20 heavy (non-hydrogen) atoms. The molecular formula is C14H24F3NO2. The van der Waals surface area contributed by atoms with Crippen LogP contribution >= 0.6 is 0 Å². The number of ether oxygens (including phenoxy) is 1. The van der Waals surface area contributed by atoms with E-state index in [2.05, 4.69) is 0 Å². The Balaban J connectivity index is 2.58. The van der Waals surface area contributed by atoms with Gasteiger partial charge in [-0.15, -0.1) is 0 Å². The molecule has 1 aliphatic heterocycles. The molecule has 6 heteroatoms. The van der Waals surface area contributed by atoms with Gasteiger partial charge in [-0.1, -0.05) is 13.8 Å². The highest BCUT2D eigenvalue weighted by atomic mass is 19.4. The second-order valence-corrected chi connectivity index (χ2v) is 6.96. The Bertz CT molecular complexity index is 350. The quantitative estimate of drug-likeness (QED) is 0.725. The summed E-state index contributed by atoms with van der Waals surface area (Å²) in [5, 5.41) is 0. The van der Waals surface area contributed by atoms with Gasteiger partial charge in [-0.2, -0.15) is 13.2 Å². The van der Waals surface area contributed by atoms with Gasteiger partial charge in [-0.3, -0.25) is 0 Å². The van der Waals surface area contributed by atoms with Crippen molar-refractivity contribution in [2.45, 2.75) is 59.2 Å². The largest absolute Gasteiger partial charge is 0.444 e. The molecule has 1 amide bonds. The Morgan fingerprint density at radius 1 is 1.05 bits per heavy atom. The molecule has 0 aromatic heterocycles. The molecule has 0 radical (unpaired) electrons. The minimum absolute atomic E-state index is 0.319. The van der Waals surface area contributed by atoms with Crippen molar-refractivity contribution >= 4 is 6.09 Å². The molecule has 118 valence electrons. The van der Waals surface area contributed by atoms with Crippen molar-refractivity contribution in [1.82, 2.24) is 4.90 Å². The van der Waals surface area contributed by atoms with Gasteiger partial charge in [0.15, 0.2) is 0 Å². The van der Waals surface area contributed by atoms with Gasteiger partial charge >= 0.3 is 12.3 Å². The summed E-state index contributed by atoms with van der Waals surface area (Å²) in [5.74, 6) is -0.457. The Labute approximate surface area is 118 Å². The minimum atomic E-state index is -4.22. The second-order valence-electron chi connectivity index (χ2n) is 6.96. The van der Waals surface area contributed by atoms with Crippen LogP contribution in [0.1, 0.15) is 47.5 Å². The van der Waals surface area contributed by atoms with Crippen LogP contribution in [0.15, 0.2) is 0 Å². The molecular weight excluding hydrogens is 271 g/mol. The van der Waals surface area contributed by atoms with E-state index in [0.717, 1.165) is 0 Å². The van der Waals surface area contributed by atoms with Crippen molar-refractivity contribution < 1.29 is 22.7 Å². The molecule has 0 aliphatic carbocycles. The fraction of sp³-hybridized carbons (Fsp3) is 0.929. The van der Waals surface area contributed by atoms with Gasteiger partial charge in [0.05, 0.1) is 5.41 Å². The van der Waals surface area contributed by atoms with Crippen molar-refractivity contribution in [3.05, 3.63) is 0 Å². The third-order valence-corrected chi connectivity index (χ3v) is 3.90. The predicted octanol–water partition coefficient (Wildman–Crippen LogP) is 4.22. The normalized spacial score (nSPS) is 19.1. The van der Waals surface area contributed by atoms with E-state index in [-0.39, 0.29) is 0 Å². The lowest BCUT2D eigenvalue weighted by atomic mass is 9.73. The monoisotopic (exact) mass is 295 g/mol. The van der Waals surface area contributed by atoms with Crippen LogP contribution in [0, 0.1) is 11.3 Å². The van der Waals surface area contributed by atoms with Gasteiger partial charge in [-0.25, -0.2) is 4.79 Å². The van der Waals surface area contributed by atoms with E-state index in [4.69, 9.17) is 4.74 Å². The van der Waals surface area contributed by atoms with Crippen molar-refractivity contribution in [2.75, 3.05) is 13.1 Å². The third-order valence-electron chi connectivity index (χ3n) is 3.90. The number of hydrogen-bond acceptors (Lipinski definition) is 2.